The van der Waals surface area contributed by atoms with Gasteiger partial charge in [-0.25, -0.2) is 0 Å². The van der Waals surface area contributed by atoms with E-state index in [1.165, 1.54) is 13.2 Å². The van der Waals surface area contributed by atoms with Gasteiger partial charge in [-0.2, -0.15) is 0 Å². The van der Waals surface area contributed by atoms with Crippen molar-refractivity contribution in [3.63, 3.8) is 0 Å². The monoisotopic (exact) mass is 447 g/mol. The molecule has 1 saturated heterocycles. The first-order chi connectivity index (χ1) is 16.0. The van der Waals surface area contributed by atoms with Crippen molar-refractivity contribution >= 4 is 23.6 Å². The first-order valence-electron chi connectivity index (χ1n) is 10.8. The van der Waals surface area contributed by atoms with Gasteiger partial charge in [0.2, 0.25) is 5.91 Å². The van der Waals surface area contributed by atoms with E-state index < -0.39 is 0 Å². The highest BCUT2D eigenvalue weighted by Gasteiger charge is 2.20. The number of carbonyl (C=O) groups is 2. The molecule has 7 nitrogen and oxygen atoms in total. The van der Waals surface area contributed by atoms with Crippen molar-refractivity contribution in [3.05, 3.63) is 59.7 Å². The number of piperidine rings is 1. The molecule has 0 aromatic heterocycles. The standard InChI is InChI=1S/C26H29N3O4/c1-4-17-33-23-11-9-19(18-24(23)32-3)10-12-25(30)28-22-8-6-5-7-21(22)26(31)27-20-13-15-29(2)16-14-20/h1,5-12,18,20H,13-17H2,2-3H3,(H,27,31)(H,28,30)/b12-10+. The van der Waals surface area contributed by atoms with Gasteiger partial charge in [-0.15, -0.1) is 6.42 Å². The second kappa shape index (κ2) is 11.7. The first kappa shape index (κ1) is 23.9. The minimum absolute atomic E-state index is 0.138. The summed E-state index contributed by atoms with van der Waals surface area (Å²) in [4.78, 5) is 27.6. The fourth-order valence-electron chi connectivity index (χ4n) is 3.58. The smallest absolute Gasteiger partial charge is 0.253 e. The quantitative estimate of drug-likeness (QED) is 0.480. The number of ether oxygens (including phenoxy) is 2. The van der Waals surface area contributed by atoms with Crippen molar-refractivity contribution in [1.82, 2.24) is 10.2 Å². The van der Waals surface area contributed by atoms with Crippen molar-refractivity contribution in [3.8, 4) is 23.8 Å². The molecule has 33 heavy (non-hydrogen) atoms. The number of anilines is 1. The molecule has 1 heterocycles. The number of para-hydroxylation sites is 1. The highest BCUT2D eigenvalue weighted by Crippen LogP contribution is 2.28. The Kier molecular flexibility index (Phi) is 8.50. The number of carbonyl (C=O) groups excluding carboxylic acids is 2. The molecule has 0 bridgehead atoms. The van der Waals surface area contributed by atoms with Crippen molar-refractivity contribution in [2.75, 3.05) is 39.2 Å². The van der Waals surface area contributed by atoms with Gasteiger partial charge in [-0.05, 0) is 68.9 Å². The maximum Gasteiger partial charge on any atom is 0.253 e. The Balaban J connectivity index is 1.64. The van der Waals surface area contributed by atoms with E-state index in [2.05, 4.69) is 28.5 Å². The van der Waals surface area contributed by atoms with Gasteiger partial charge in [0.15, 0.2) is 11.5 Å². The third-order valence-corrected chi connectivity index (χ3v) is 5.41. The second-order valence-corrected chi connectivity index (χ2v) is 7.82. The van der Waals surface area contributed by atoms with Gasteiger partial charge in [0.05, 0.1) is 18.4 Å². The highest BCUT2D eigenvalue weighted by atomic mass is 16.5. The average molecular weight is 448 g/mol. The minimum Gasteiger partial charge on any atom is -0.493 e. The van der Waals surface area contributed by atoms with E-state index in [1.807, 2.05) is 0 Å². The van der Waals surface area contributed by atoms with E-state index in [9.17, 15) is 9.59 Å². The molecule has 0 spiro atoms. The molecule has 2 amide bonds. The van der Waals surface area contributed by atoms with E-state index in [-0.39, 0.29) is 24.5 Å². The van der Waals surface area contributed by atoms with Crippen molar-refractivity contribution in [2.45, 2.75) is 18.9 Å². The van der Waals surface area contributed by atoms with E-state index in [4.69, 9.17) is 15.9 Å². The van der Waals surface area contributed by atoms with Crippen LogP contribution in [0.5, 0.6) is 11.5 Å². The van der Waals surface area contributed by atoms with Gasteiger partial charge in [0.1, 0.15) is 6.61 Å². The molecule has 0 radical (unpaired) electrons. The van der Waals surface area contributed by atoms with Crippen LogP contribution >= 0.6 is 0 Å². The predicted octanol–water partition coefficient (Wildman–Crippen LogP) is 3.18. The summed E-state index contributed by atoms with van der Waals surface area (Å²) in [6, 6.07) is 12.4. The number of methoxy groups -OCH3 is 1. The van der Waals surface area contributed by atoms with Gasteiger partial charge in [-0.1, -0.05) is 24.1 Å². The zero-order chi connectivity index (χ0) is 23.6. The molecule has 1 fully saturated rings. The van der Waals surface area contributed by atoms with Crippen LogP contribution in [0.15, 0.2) is 48.5 Å². The second-order valence-electron chi connectivity index (χ2n) is 7.82. The summed E-state index contributed by atoms with van der Waals surface area (Å²) >= 11 is 0. The van der Waals surface area contributed by atoms with Crippen LogP contribution in [-0.4, -0.2) is 56.6 Å². The summed E-state index contributed by atoms with van der Waals surface area (Å²) in [6.07, 6.45) is 10.1. The summed E-state index contributed by atoms with van der Waals surface area (Å²) in [5.74, 6) is 2.92. The predicted molar refractivity (Wildman–Crippen MR) is 129 cm³/mol. The summed E-state index contributed by atoms with van der Waals surface area (Å²) in [5.41, 5.74) is 1.66. The van der Waals surface area contributed by atoms with Crippen molar-refractivity contribution in [1.29, 1.82) is 0 Å². The number of hydrogen-bond donors (Lipinski definition) is 2. The normalized spacial score (nSPS) is 14.5. The van der Waals surface area contributed by atoms with Crippen LogP contribution in [0.4, 0.5) is 5.69 Å². The Morgan fingerprint density at radius 1 is 1.18 bits per heavy atom. The Labute approximate surface area is 194 Å². The molecule has 0 saturated carbocycles. The molecular weight excluding hydrogens is 418 g/mol. The Bertz CT molecular complexity index is 1050. The van der Waals surface area contributed by atoms with Crippen LogP contribution in [0.2, 0.25) is 0 Å². The van der Waals surface area contributed by atoms with Crippen LogP contribution in [0, 0.1) is 12.3 Å². The minimum atomic E-state index is -0.346. The first-order valence-corrected chi connectivity index (χ1v) is 10.8. The van der Waals surface area contributed by atoms with Crippen molar-refractivity contribution in [2.24, 2.45) is 0 Å². The van der Waals surface area contributed by atoms with Gasteiger partial charge < -0.3 is 25.0 Å². The number of amides is 2. The number of benzene rings is 2. The van der Waals surface area contributed by atoms with Crippen LogP contribution in [0.3, 0.4) is 0 Å². The Hall–Kier alpha value is -3.76. The average Bonchev–Trinajstić information content (AvgIpc) is 2.83. The van der Waals surface area contributed by atoms with Crippen LogP contribution in [0.25, 0.3) is 6.08 Å². The molecule has 0 aliphatic carbocycles. The van der Waals surface area contributed by atoms with Gasteiger partial charge in [0.25, 0.3) is 5.91 Å². The largest absolute Gasteiger partial charge is 0.493 e. The maximum atomic E-state index is 12.8. The topological polar surface area (TPSA) is 79.9 Å². The molecule has 1 aliphatic heterocycles. The summed E-state index contributed by atoms with van der Waals surface area (Å²) in [5, 5.41) is 5.89. The number of terminal acetylenes is 1. The lowest BCUT2D eigenvalue weighted by Crippen LogP contribution is -2.43. The lowest BCUT2D eigenvalue weighted by molar-refractivity contribution is -0.111. The van der Waals surface area contributed by atoms with E-state index in [1.54, 1.807) is 48.5 Å². The molecule has 3 rings (SSSR count). The molecule has 7 heteroatoms. The Morgan fingerprint density at radius 3 is 2.67 bits per heavy atom. The van der Waals surface area contributed by atoms with E-state index in [0.717, 1.165) is 31.5 Å². The molecule has 2 N–H and O–H groups in total. The van der Waals surface area contributed by atoms with Crippen LogP contribution < -0.4 is 20.1 Å². The molecule has 172 valence electrons. The molecule has 0 atom stereocenters. The fourth-order valence-corrected chi connectivity index (χ4v) is 3.58. The molecule has 1 aliphatic rings. The fraction of sp³-hybridized carbons (Fsp3) is 0.308. The van der Waals surface area contributed by atoms with Crippen molar-refractivity contribution < 1.29 is 19.1 Å². The number of nitrogens with zero attached hydrogens (tertiary/aromatic N) is 1. The van der Waals surface area contributed by atoms with E-state index >= 15 is 0 Å². The van der Waals surface area contributed by atoms with E-state index in [0.29, 0.717) is 22.7 Å². The number of likely N-dealkylation sites (tertiary alicyclic amines) is 1. The number of hydrogen-bond acceptors (Lipinski definition) is 5. The Morgan fingerprint density at radius 2 is 1.94 bits per heavy atom. The summed E-state index contributed by atoms with van der Waals surface area (Å²) in [6.45, 7) is 2.05. The molecule has 2 aromatic rings. The van der Waals surface area contributed by atoms with Gasteiger partial charge in [-0.3, -0.25) is 9.59 Å². The lowest BCUT2D eigenvalue weighted by atomic mass is 10.0. The van der Waals surface area contributed by atoms with Gasteiger partial charge >= 0.3 is 0 Å². The SMILES string of the molecule is C#CCOc1ccc(/C=C/C(=O)Nc2ccccc2C(=O)NC2CCN(C)CC2)cc1OC. The zero-order valence-electron chi connectivity index (χ0n) is 19.0. The molecular formula is C26H29N3O4. The lowest BCUT2D eigenvalue weighted by Gasteiger charge is -2.29. The molecule has 0 unspecified atom stereocenters. The van der Waals surface area contributed by atoms with Gasteiger partial charge in [0, 0.05) is 12.1 Å². The molecule has 2 aromatic carbocycles. The third-order valence-electron chi connectivity index (χ3n) is 5.41. The maximum absolute atomic E-state index is 12.8. The third kappa shape index (κ3) is 6.86. The number of rotatable bonds is 8. The summed E-state index contributed by atoms with van der Waals surface area (Å²) < 4.78 is 10.7. The van der Waals surface area contributed by atoms with Crippen LogP contribution in [-0.2, 0) is 4.79 Å². The summed E-state index contributed by atoms with van der Waals surface area (Å²) in [7, 11) is 3.61. The highest BCUT2D eigenvalue weighted by molar-refractivity contribution is 6.07. The zero-order valence-corrected chi connectivity index (χ0v) is 19.0. The number of nitrogens with one attached hydrogen (secondary N) is 2. The van der Waals surface area contributed by atoms with Crippen LogP contribution in [0.1, 0.15) is 28.8 Å².